The van der Waals surface area contributed by atoms with E-state index in [4.69, 9.17) is 89.0 Å². The van der Waals surface area contributed by atoms with Gasteiger partial charge in [-0.2, -0.15) is 0 Å². The number of phosphoric acid groups is 2. The zero-order valence-electron chi connectivity index (χ0n) is 38.8. The van der Waals surface area contributed by atoms with E-state index in [1.54, 1.807) is 13.8 Å². The van der Waals surface area contributed by atoms with Crippen molar-refractivity contribution >= 4 is 23.2 Å². The first-order valence-corrected chi connectivity index (χ1v) is 28.0. The highest BCUT2D eigenvalue weighted by atomic mass is 31.2. The first-order chi connectivity index (χ1) is 31.8. The van der Waals surface area contributed by atoms with Crippen LogP contribution in [0.1, 0.15) is 66.2 Å². The normalized spacial score (nSPS) is 47.4. The Morgan fingerprint density at radius 1 is 0.544 bits per heavy atom. The number of aliphatic hydroxyl groups excluding tert-OH is 4. The Bertz CT molecular complexity index is 1770. The van der Waals surface area contributed by atoms with E-state index in [0.717, 1.165) is 0 Å². The van der Waals surface area contributed by atoms with E-state index in [2.05, 4.69) is 0 Å². The highest BCUT2D eigenvalue weighted by molar-refractivity contribution is 7.53. The predicted molar refractivity (Wildman–Crippen MR) is 234 cm³/mol. The van der Waals surface area contributed by atoms with Crippen molar-refractivity contribution in [3.63, 3.8) is 0 Å². The molecule has 68 heavy (non-hydrogen) atoms. The van der Waals surface area contributed by atoms with Gasteiger partial charge in [0.15, 0.2) is 12.6 Å². The van der Waals surface area contributed by atoms with Gasteiger partial charge in [-0.25, -0.2) is 9.13 Å². The van der Waals surface area contributed by atoms with Crippen LogP contribution in [0.3, 0.4) is 0 Å². The van der Waals surface area contributed by atoms with Gasteiger partial charge >= 0.3 is 23.2 Å². The number of nitrogens with two attached hydrogens (primary N) is 5. The molecule has 26 atom stereocenters. The Morgan fingerprint density at radius 2 is 1.00 bits per heavy atom. The molecule has 0 spiro atoms. The van der Waals surface area contributed by atoms with Crippen molar-refractivity contribution in [2.45, 2.75) is 207 Å². The smallest absolute Gasteiger partial charge is 0.390 e. The minimum Gasteiger partial charge on any atom is -0.390 e. The Morgan fingerprint density at radius 3 is 1.51 bits per heavy atom. The number of phosphoric ester groups is 2. The van der Waals surface area contributed by atoms with Crippen LogP contribution in [-0.4, -0.2) is 204 Å². The fourth-order valence-electron chi connectivity index (χ4n) is 9.39. The second-order valence-corrected chi connectivity index (χ2v) is 23.5. The Hall–Kier alpha value is -0.270. The summed E-state index contributed by atoms with van der Waals surface area (Å²) in [6, 6.07) is -4.03. The minimum atomic E-state index is -5.04. The summed E-state index contributed by atoms with van der Waals surface area (Å²) >= 11 is 0. The van der Waals surface area contributed by atoms with Crippen LogP contribution in [0.2, 0.25) is 0 Å². The number of hydrogen-bond donors (Lipinski definition) is 11. The Balaban J connectivity index is 0.996. The van der Waals surface area contributed by atoms with Crippen molar-refractivity contribution in [3.8, 4) is 0 Å². The summed E-state index contributed by atoms with van der Waals surface area (Å²) in [6.45, 7) is 6.74. The molecule has 16 N–H and O–H groups in total. The standard InChI is InChI=1S/C38H74N5O22P3/c1-6-23-24(7-16(2)56-23)63-66(5,48)53-13-28-25(8-17(3)57-28)64-67(49,50)54-14-29-26(9-18(4)58-29)65-68(51,52)55-15-30-32(45)31(43)33(46)38(60-30)62-36-20(41)10-19(40)35(34(36)47)61-37-21(42)11-22(44)27(12-39)59-37/h16-38,44-47H,6-15,39-43H2,1-5H3,(H,49,50)(H,51,52)/t16-,17-,18-,19?,20?,21?,22?,23+,24-,25-,26-,27?,28+,29+,30?,31?,32?,33?,34?,35?,36?,37?,38?,66?/m0/s1. The van der Waals surface area contributed by atoms with Gasteiger partial charge in [0.2, 0.25) is 0 Å². The Kier molecular flexibility index (Phi) is 20.1. The molecule has 6 fully saturated rings. The van der Waals surface area contributed by atoms with Crippen molar-refractivity contribution in [1.29, 1.82) is 0 Å². The molecule has 0 radical (unpaired) electrons. The average molecular weight is 1050 g/mol. The molecule has 0 aromatic carbocycles. The fraction of sp³-hybridized carbons (Fsp3) is 1.00. The van der Waals surface area contributed by atoms with Crippen LogP contribution in [0.15, 0.2) is 0 Å². The molecule has 6 rings (SSSR count). The van der Waals surface area contributed by atoms with E-state index < -0.39 is 165 Å². The summed E-state index contributed by atoms with van der Waals surface area (Å²) in [5.74, 6) is 0. The number of aliphatic hydroxyl groups is 4. The van der Waals surface area contributed by atoms with E-state index in [0.29, 0.717) is 12.8 Å². The van der Waals surface area contributed by atoms with Crippen LogP contribution >= 0.6 is 23.2 Å². The van der Waals surface area contributed by atoms with Crippen LogP contribution in [-0.2, 0) is 74.0 Å². The minimum absolute atomic E-state index is 0.0260. The number of ether oxygens (including phenoxy) is 7. The summed E-state index contributed by atoms with van der Waals surface area (Å²) in [6.07, 6.45) is -17.9. The lowest BCUT2D eigenvalue weighted by atomic mass is 9.84. The van der Waals surface area contributed by atoms with Gasteiger partial charge in [0.25, 0.3) is 0 Å². The second kappa shape index (κ2) is 23.9. The summed E-state index contributed by atoms with van der Waals surface area (Å²) in [7, 11) is -13.5. The van der Waals surface area contributed by atoms with E-state index in [1.807, 2.05) is 13.8 Å². The average Bonchev–Trinajstić information content (AvgIpc) is 3.91. The van der Waals surface area contributed by atoms with Gasteiger partial charge in [0, 0.05) is 44.6 Å². The van der Waals surface area contributed by atoms with Gasteiger partial charge in [-0.3, -0.25) is 22.7 Å². The van der Waals surface area contributed by atoms with E-state index in [1.165, 1.54) is 6.66 Å². The highest BCUT2D eigenvalue weighted by Crippen LogP contribution is 2.52. The van der Waals surface area contributed by atoms with E-state index >= 15 is 0 Å². The van der Waals surface area contributed by atoms with Gasteiger partial charge in [-0.05, 0) is 40.0 Å². The summed E-state index contributed by atoms with van der Waals surface area (Å²) < 4.78 is 114. The quantitative estimate of drug-likeness (QED) is 0.0548. The molecule has 30 heteroatoms. The molecule has 5 saturated heterocycles. The van der Waals surface area contributed by atoms with Gasteiger partial charge in [-0.15, -0.1) is 0 Å². The molecule has 5 heterocycles. The molecule has 17 unspecified atom stereocenters. The zero-order valence-corrected chi connectivity index (χ0v) is 41.5. The molecule has 5 aliphatic heterocycles. The van der Waals surface area contributed by atoms with E-state index in [-0.39, 0.29) is 51.0 Å². The first-order valence-electron chi connectivity index (χ1n) is 23.0. The maximum absolute atomic E-state index is 13.3. The third kappa shape index (κ3) is 14.7. The third-order valence-corrected chi connectivity index (χ3v) is 16.2. The van der Waals surface area contributed by atoms with Crippen molar-refractivity contribution in [1.82, 2.24) is 0 Å². The number of hydrogen-bond acceptors (Lipinski definition) is 25. The molecule has 6 aliphatic rings. The topological polar surface area (TPSA) is 423 Å². The predicted octanol–water partition coefficient (Wildman–Crippen LogP) is -2.12. The molecule has 1 saturated carbocycles. The van der Waals surface area contributed by atoms with Gasteiger partial charge < -0.3 is 101 Å². The van der Waals surface area contributed by atoms with Crippen LogP contribution in [0, 0.1) is 0 Å². The van der Waals surface area contributed by atoms with Crippen LogP contribution in [0.25, 0.3) is 0 Å². The lowest BCUT2D eigenvalue weighted by molar-refractivity contribution is -0.314. The zero-order chi connectivity index (χ0) is 50.0. The highest BCUT2D eigenvalue weighted by Gasteiger charge is 2.52. The lowest BCUT2D eigenvalue weighted by Gasteiger charge is -2.48. The first kappa shape index (κ1) is 57.0. The van der Waals surface area contributed by atoms with Gasteiger partial charge in [0.05, 0.1) is 74.6 Å². The van der Waals surface area contributed by atoms with Crippen LogP contribution in [0.4, 0.5) is 0 Å². The van der Waals surface area contributed by atoms with Crippen LogP contribution in [0.5, 0.6) is 0 Å². The number of rotatable bonds is 21. The SMILES string of the molecule is CC[C@H]1O[C@@H](C)C[C@@H]1OP(C)(=O)OC[C@H]1O[C@@H](C)C[C@@H]1OP(=O)(O)OC[C@H]1O[C@@H](C)C[C@@H]1OP(=O)(O)OCC1OC(OC2C(N)CC(N)C(OC3OC(CN)C(O)CC3N)C2O)C(O)C(N)C1O. The molecule has 27 nitrogen and oxygen atoms in total. The fourth-order valence-corrected chi connectivity index (χ4v) is 12.5. The molecule has 0 amide bonds. The lowest BCUT2D eigenvalue weighted by Crippen LogP contribution is -2.68. The third-order valence-electron chi connectivity index (χ3n) is 12.9. The van der Waals surface area contributed by atoms with E-state index in [9.17, 15) is 43.9 Å². The summed E-state index contributed by atoms with van der Waals surface area (Å²) in [5, 5.41) is 43.5. The van der Waals surface area contributed by atoms with Crippen molar-refractivity contribution < 1.29 is 104 Å². The molecule has 0 aromatic rings. The van der Waals surface area contributed by atoms with Gasteiger partial charge in [-0.1, -0.05) is 6.92 Å². The molecule has 1 aliphatic carbocycles. The maximum atomic E-state index is 13.3. The molecule has 398 valence electrons. The van der Waals surface area contributed by atoms with Crippen molar-refractivity contribution in [2.24, 2.45) is 28.7 Å². The molecule has 0 aromatic heterocycles. The van der Waals surface area contributed by atoms with Crippen molar-refractivity contribution in [2.75, 3.05) is 33.0 Å². The van der Waals surface area contributed by atoms with Crippen molar-refractivity contribution in [3.05, 3.63) is 0 Å². The van der Waals surface area contributed by atoms with Crippen LogP contribution < -0.4 is 28.7 Å². The molecular weight excluding hydrogens is 971 g/mol. The van der Waals surface area contributed by atoms with Gasteiger partial charge in [0.1, 0.15) is 61.0 Å². The molecule has 0 bridgehead atoms. The molecular formula is C38H74N5O22P3. The second-order valence-electron chi connectivity index (χ2n) is 18.7. The largest absolute Gasteiger partial charge is 0.472 e. The maximum Gasteiger partial charge on any atom is 0.472 e. The monoisotopic (exact) mass is 1050 g/mol. The summed E-state index contributed by atoms with van der Waals surface area (Å²) in [5.41, 5.74) is 30.6. The summed E-state index contributed by atoms with van der Waals surface area (Å²) in [4.78, 5) is 21.6. The Labute approximate surface area is 395 Å².